The van der Waals surface area contributed by atoms with Crippen LogP contribution in [0.1, 0.15) is 5.56 Å². The van der Waals surface area contributed by atoms with E-state index in [2.05, 4.69) is 140 Å². The van der Waals surface area contributed by atoms with Crippen LogP contribution in [0.3, 0.4) is 0 Å². The van der Waals surface area contributed by atoms with Crippen LogP contribution in [0, 0.1) is 0 Å². The Morgan fingerprint density at radius 1 is 0.474 bits per heavy atom. The summed E-state index contributed by atoms with van der Waals surface area (Å²) in [4.78, 5) is 1.37. The molecule has 1 heterocycles. The lowest BCUT2D eigenvalue weighted by molar-refractivity contribution is 1.31. The standard InChI is InChI=1S/C37H24S/c1-2-12-28-22-27(9-1)30-18-8-17-29(37(30)38-28)26-11-7-10-24(21-26)25-19-20-35-33-15-4-3-13-31(33)32-14-5-6-16-34(32)36(35)23-25/h1-23,28H. The highest BCUT2D eigenvalue weighted by Crippen LogP contribution is 2.45. The lowest BCUT2D eigenvalue weighted by Gasteiger charge is -2.23. The number of fused-ring (bicyclic) bond motifs is 9. The van der Waals surface area contributed by atoms with E-state index in [0.717, 1.165) is 0 Å². The van der Waals surface area contributed by atoms with Gasteiger partial charge in [-0.1, -0.05) is 127 Å². The van der Waals surface area contributed by atoms with Gasteiger partial charge in [-0.3, -0.25) is 0 Å². The van der Waals surface area contributed by atoms with Crippen molar-refractivity contribution in [2.75, 3.05) is 0 Å². The maximum atomic E-state index is 2.38. The molecular formula is C37H24S. The van der Waals surface area contributed by atoms with Gasteiger partial charge in [0, 0.05) is 10.1 Å². The molecule has 0 spiro atoms. The molecule has 0 N–H and O–H groups in total. The zero-order valence-corrected chi connectivity index (χ0v) is 21.6. The van der Waals surface area contributed by atoms with Crippen molar-refractivity contribution in [3.05, 3.63) is 145 Å². The van der Waals surface area contributed by atoms with E-state index in [-0.39, 0.29) is 0 Å². The number of hydrogen-bond acceptors (Lipinski definition) is 1. The van der Waals surface area contributed by atoms with E-state index >= 15 is 0 Å². The zero-order valence-electron chi connectivity index (χ0n) is 20.8. The Hall–Kier alpha value is -4.33. The molecule has 0 fully saturated rings. The summed E-state index contributed by atoms with van der Waals surface area (Å²) in [6.07, 6.45) is 11.2. The lowest BCUT2D eigenvalue weighted by atomic mass is 9.91. The second-order valence-corrected chi connectivity index (χ2v) is 11.3. The topological polar surface area (TPSA) is 0 Å². The summed E-state index contributed by atoms with van der Waals surface area (Å²) >= 11 is 1.95. The minimum atomic E-state index is 0.375. The largest absolute Gasteiger partial charge is 0.113 e. The van der Waals surface area contributed by atoms with Crippen LogP contribution in [-0.4, -0.2) is 5.25 Å². The molecule has 1 unspecified atom stereocenters. The van der Waals surface area contributed by atoms with Crippen LogP contribution in [0.25, 0.3) is 60.1 Å². The molecule has 38 heavy (non-hydrogen) atoms. The molecule has 6 aromatic rings. The van der Waals surface area contributed by atoms with Crippen molar-refractivity contribution in [1.29, 1.82) is 0 Å². The van der Waals surface area contributed by atoms with E-state index in [9.17, 15) is 0 Å². The summed E-state index contributed by atoms with van der Waals surface area (Å²) in [5.74, 6) is 0. The number of thioether (sulfide) groups is 1. The van der Waals surface area contributed by atoms with E-state index < -0.39 is 0 Å². The molecule has 1 atom stereocenters. The van der Waals surface area contributed by atoms with Gasteiger partial charge in [-0.25, -0.2) is 0 Å². The summed E-state index contributed by atoms with van der Waals surface area (Å²) in [7, 11) is 0. The average molecular weight is 501 g/mol. The van der Waals surface area contributed by atoms with Gasteiger partial charge in [-0.05, 0) is 77.8 Å². The van der Waals surface area contributed by atoms with Gasteiger partial charge in [0.05, 0.1) is 0 Å². The van der Waals surface area contributed by atoms with Crippen molar-refractivity contribution >= 4 is 49.7 Å². The fraction of sp³-hybridized carbons (Fsp3) is 0.0270. The molecule has 178 valence electrons. The SMILES string of the molecule is C1=CC2=CC(C=C1)Sc1c2cccc1-c1cccc(-c2ccc3c4ccccc4c4ccccc4c3c2)c1. The highest BCUT2D eigenvalue weighted by Gasteiger charge is 2.22. The van der Waals surface area contributed by atoms with Crippen molar-refractivity contribution in [2.45, 2.75) is 10.1 Å². The summed E-state index contributed by atoms with van der Waals surface area (Å²) in [6.45, 7) is 0. The van der Waals surface area contributed by atoms with Gasteiger partial charge < -0.3 is 0 Å². The number of hydrogen-bond donors (Lipinski definition) is 0. The van der Waals surface area contributed by atoms with Crippen LogP contribution < -0.4 is 0 Å². The highest BCUT2D eigenvalue weighted by molar-refractivity contribution is 8.00. The number of benzene rings is 6. The Labute approximate surface area is 226 Å². The van der Waals surface area contributed by atoms with Crippen LogP contribution in [0.15, 0.2) is 144 Å². The molecule has 1 aliphatic heterocycles. The van der Waals surface area contributed by atoms with E-state index in [1.165, 1.54) is 70.6 Å². The molecule has 1 heteroatoms. The predicted octanol–water partition coefficient (Wildman–Crippen LogP) is 10.5. The molecule has 0 radical (unpaired) electrons. The Morgan fingerprint density at radius 3 is 1.89 bits per heavy atom. The van der Waals surface area contributed by atoms with E-state index in [1.54, 1.807) is 0 Å². The van der Waals surface area contributed by atoms with Crippen molar-refractivity contribution in [1.82, 2.24) is 0 Å². The van der Waals surface area contributed by atoms with Crippen LogP contribution >= 0.6 is 11.8 Å². The summed E-state index contributed by atoms with van der Waals surface area (Å²) < 4.78 is 0. The third kappa shape index (κ3) is 3.40. The molecule has 6 aromatic carbocycles. The van der Waals surface area contributed by atoms with Gasteiger partial charge in [0.15, 0.2) is 0 Å². The smallest absolute Gasteiger partial charge is 0.0467 e. The minimum absolute atomic E-state index is 0.375. The first-order valence-electron chi connectivity index (χ1n) is 13.1. The Kier molecular flexibility index (Phi) is 4.93. The molecule has 1 aliphatic carbocycles. The van der Waals surface area contributed by atoms with Crippen LogP contribution in [0.2, 0.25) is 0 Å². The third-order valence-corrected chi connectivity index (χ3v) is 9.10. The maximum absolute atomic E-state index is 2.38. The normalized spacial score (nSPS) is 16.0. The van der Waals surface area contributed by atoms with Crippen molar-refractivity contribution in [3.63, 3.8) is 0 Å². The van der Waals surface area contributed by atoms with Gasteiger partial charge in [0.1, 0.15) is 0 Å². The van der Waals surface area contributed by atoms with E-state index in [0.29, 0.717) is 5.25 Å². The van der Waals surface area contributed by atoms with Crippen molar-refractivity contribution in [3.8, 4) is 22.3 Å². The van der Waals surface area contributed by atoms with Crippen LogP contribution in [0.4, 0.5) is 0 Å². The maximum Gasteiger partial charge on any atom is 0.0467 e. The molecule has 0 aromatic heterocycles. The van der Waals surface area contributed by atoms with Gasteiger partial charge >= 0.3 is 0 Å². The quantitative estimate of drug-likeness (QED) is 0.213. The second kappa shape index (κ2) is 8.62. The average Bonchev–Trinajstić information content (AvgIpc) is 3.18. The first-order valence-corrected chi connectivity index (χ1v) is 14.0. The van der Waals surface area contributed by atoms with Gasteiger partial charge in [0.2, 0.25) is 0 Å². The third-order valence-electron chi connectivity index (χ3n) is 7.86. The molecule has 0 saturated carbocycles. The first-order chi connectivity index (χ1) is 18.8. The fourth-order valence-electron chi connectivity index (χ4n) is 6.08. The first kappa shape index (κ1) is 21.7. The fourth-order valence-corrected chi connectivity index (χ4v) is 7.36. The molecule has 8 rings (SSSR count). The van der Waals surface area contributed by atoms with Gasteiger partial charge in [-0.15, -0.1) is 11.8 Å². The van der Waals surface area contributed by atoms with Crippen molar-refractivity contribution < 1.29 is 0 Å². The van der Waals surface area contributed by atoms with Crippen LogP contribution in [0.5, 0.6) is 0 Å². The Balaban J connectivity index is 1.30. The summed E-state index contributed by atoms with van der Waals surface area (Å²) in [5.41, 5.74) is 7.72. The lowest BCUT2D eigenvalue weighted by Crippen LogP contribution is -2.03. The van der Waals surface area contributed by atoms with E-state index in [4.69, 9.17) is 0 Å². The minimum Gasteiger partial charge on any atom is -0.113 e. The molecule has 0 saturated heterocycles. The van der Waals surface area contributed by atoms with Crippen LogP contribution in [-0.2, 0) is 0 Å². The van der Waals surface area contributed by atoms with Crippen molar-refractivity contribution in [2.24, 2.45) is 0 Å². The molecule has 0 amide bonds. The van der Waals surface area contributed by atoms with Gasteiger partial charge in [-0.2, -0.15) is 0 Å². The van der Waals surface area contributed by atoms with E-state index in [1.807, 2.05) is 11.8 Å². The Morgan fingerprint density at radius 2 is 1.11 bits per heavy atom. The predicted molar refractivity (Wildman–Crippen MR) is 166 cm³/mol. The summed E-state index contributed by atoms with van der Waals surface area (Å²) in [5, 5.41) is 8.25. The zero-order chi connectivity index (χ0) is 25.1. The number of allylic oxidation sites excluding steroid dienone is 4. The molecule has 0 nitrogen and oxygen atoms in total. The Bertz CT molecular complexity index is 1970. The summed E-state index contributed by atoms with van der Waals surface area (Å²) in [6, 6.07) is 40.3. The number of rotatable bonds is 2. The second-order valence-electron chi connectivity index (χ2n) is 10.1. The monoisotopic (exact) mass is 500 g/mol. The molecular weight excluding hydrogens is 476 g/mol. The van der Waals surface area contributed by atoms with Gasteiger partial charge in [0.25, 0.3) is 0 Å². The molecule has 2 bridgehead atoms. The molecule has 2 aliphatic rings. The highest BCUT2D eigenvalue weighted by atomic mass is 32.2.